The number of Topliss-reactive ketones (excluding diaryl/α,β-unsaturated/α-hetero) is 1. The maximum Gasteiger partial charge on any atom is 0.200 e. The maximum atomic E-state index is 12.0. The van der Waals surface area contributed by atoms with Gasteiger partial charge in [-0.2, -0.15) is 0 Å². The SMILES string of the molecule is O=C(COc1ccc2ccccc2c1)c1ccc(O)c(O)c1. The molecule has 0 bridgehead atoms. The van der Waals surface area contributed by atoms with Crippen molar-refractivity contribution in [3.8, 4) is 17.2 Å². The van der Waals surface area contributed by atoms with Crippen molar-refractivity contribution in [2.45, 2.75) is 0 Å². The average Bonchev–Trinajstić information content (AvgIpc) is 2.55. The second-order valence-corrected chi connectivity index (χ2v) is 4.92. The number of benzene rings is 3. The predicted molar refractivity (Wildman–Crippen MR) is 83.5 cm³/mol. The van der Waals surface area contributed by atoms with E-state index in [0.29, 0.717) is 5.75 Å². The molecule has 3 aromatic rings. The summed E-state index contributed by atoms with van der Waals surface area (Å²) >= 11 is 0. The molecule has 0 spiro atoms. The van der Waals surface area contributed by atoms with E-state index in [9.17, 15) is 15.0 Å². The lowest BCUT2D eigenvalue weighted by Crippen LogP contribution is -2.11. The van der Waals surface area contributed by atoms with Gasteiger partial charge in [-0.15, -0.1) is 0 Å². The van der Waals surface area contributed by atoms with Gasteiger partial charge in [0.05, 0.1) is 0 Å². The van der Waals surface area contributed by atoms with Crippen LogP contribution in [0.1, 0.15) is 10.4 Å². The third kappa shape index (κ3) is 2.86. The van der Waals surface area contributed by atoms with E-state index in [4.69, 9.17) is 4.74 Å². The van der Waals surface area contributed by atoms with Crippen LogP contribution in [0.25, 0.3) is 10.8 Å². The summed E-state index contributed by atoms with van der Waals surface area (Å²) in [5.41, 5.74) is 0.288. The van der Waals surface area contributed by atoms with Gasteiger partial charge in [-0.05, 0) is 41.1 Å². The molecule has 4 nitrogen and oxygen atoms in total. The molecule has 3 aromatic carbocycles. The number of rotatable bonds is 4. The monoisotopic (exact) mass is 294 g/mol. The quantitative estimate of drug-likeness (QED) is 0.571. The number of phenols is 2. The second kappa shape index (κ2) is 5.77. The first-order valence-corrected chi connectivity index (χ1v) is 6.80. The smallest absolute Gasteiger partial charge is 0.200 e. The van der Waals surface area contributed by atoms with Gasteiger partial charge in [-0.1, -0.05) is 30.3 Å². The third-order valence-corrected chi connectivity index (χ3v) is 3.39. The van der Waals surface area contributed by atoms with Crippen molar-refractivity contribution >= 4 is 16.6 Å². The van der Waals surface area contributed by atoms with Gasteiger partial charge in [0, 0.05) is 5.56 Å². The minimum absolute atomic E-state index is 0.136. The second-order valence-electron chi connectivity index (χ2n) is 4.92. The Morgan fingerprint density at radius 1 is 0.864 bits per heavy atom. The molecule has 0 heterocycles. The van der Waals surface area contributed by atoms with Gasteiger partial charge in [-0.3, -0.25) is 4.79 Å². The number of aromatic hydroxyl groups is 2. The zero-order chi connectivity index (χ0) is 15.5. The molecule has 0 aliphatic carbocycles. The van der Waals surface area contributed by atoms with E-state index in [2.05, 4.69) is 0 Å². The van der Waals surface area contributed by atoms with Crippen LogP contribution in [0.15, 0.2) is 60.7 Å². The van der Waals surface area contributed by atoms with Crippen LogP contribution in [-0.2, 0) is 0 Å². The first-order valence-electron chi connectivity index (χ1n) is 6.80. The highest BCUT2D eigenvalue weighted by atomic mass is 16.5. The van der Waals surface area contributed by atoms with Gasteiger partial charge in [0.25, 0.3) is 0 Å². The Balaban J connectivity index is 1.72. The van der Waals surface area contributed by atoms with E-state index in [1.165, 1.54) is 18.2 Å². The lowest BCUT2D eigenvalue weighted by Gasteiger charge is -2.07. The average molecular weight is 294 g/mol. The molecule has 110 valence electrons. The number of fused-ring (bicyclic) bond motifs is 1. The van der Waals surface area contributed by atoms with Crippen molar-refractivity contribution in [3.05, 3.63) is 66.2 Å². The van der Waals surface area contributed by atoms with Gasteiger partial charge in [0.1, 0.15) is 5.75 Å². The number of carbonyl (C=O) groups excluding carboxylic acids is 1. The molecule has 0 saturated carbocycles. The number of ether oxygens (including phenoxy) is 1. The fraction of sp³-hybridized carbons (Fsp3) is 0.0556. The van der Waals surface area contributed by atoms with Crippen LogP contribution in [-0.4, -0.2) is 22.6 Å². The highest BCUT2D eigenvalue weighted by Crippen LogP contribution is 2.25. The summed E-state index contributed by atoms with van der Waals surface area (Å²) in [7, 11) is 0. The topological polar surface area (TPSA) is 66.8 Å². The van der Waals surface area contributed by atoms with Crippen LogP contribution in [0, 0.1) is 0 Å². The van der Waals surface area contributed by atoms with E-state index in [1.807, 2.05) is 42.5 Å². The molecule has 0 atom stereocenters. The minimum atomic E-state index is -0.323. The van der Waals surface area contributed by atoms with Crippen molar-refractivity contribution in [3.63, 3.8) is 0 Å². The lowest BCUT2D eigenvalue weighted by molar-refractivity contribution is 0.0921. The van der Waals surface area contributed by atoms with Crippen LogP contribution in [0.2, 0.25) is 0 Å². The molecule has 0 amide bonds. The molecule has 4 heteroatoms. The Hall–Kier alpha value is -3.01. The van der Waals surface area contributed by atoms with Gasteiger partial charge in [-0.25, -0.2) is 0 Å². The van der Waals surface area contributed by atoms with Gasteiger partial charge in [0.2, 0.25) is 0 Å². The number of carbonyl (C=O) groups is 1. The Labute approximate surface area is 127 Å². The van der Waals surface area contributed by atoms with Crippen molar-refractivity contribution in [2.24, 2.45) is 0 Å². The Morgan fingerprint density at radius 3 is 2.41 bits per heavy atom. The highest BCUT2D eigenvalue weighted by molar-refractivity contribution is 5.97. The van der Waals surface area contributed by atoms with Gasteiger partial charge < -0.3 is 14.9 Å². The van der Waals surface area contributed by atoms with Crippen molar-refractivity contribution < 1.29 is 19.7 Å². The standard InChI is InChI=1S/C18H14O4/c19-16-8-6-14(10-17(16)20)18(21)11-22-15-7-5-12-3-1-2-4-13(12)9-15/h1-10,19-20H,11H2. The number of hydrogen-bond donors (Lipinski definition) is 2. The summed E-state index contributed by atoms with van der Waals surface area (Å²) in [5, 5.41) is 20.8. The highest BCUT2D eigenvalue weighted by Gasteiger charge is 2.10. The summed E-state index contributed by atoms with van der Waals surface area (Å²) in [4.78, 5) is 12.0. The number of phenolic OH excluding ortho intramolecular Hbond substituents is 2. The van der Waals surface area contributed by atoms with Crippen LogP contribution < -0.4 is 4.74 Å². The fourth-order valence-electron chi connectivity index (χ4n) is 2.19. The van der Waals surface area contributed by atoms with E-state index in [1.54, 1.807) is 0 Å². The van der Waals surface area contributed by atoms with Crippen LogP contribution >= 0.6 is 0 Å². The molecule has 0 unspecified atom stereocenters. The van der Waals surface area contributed by atoms with Gasteiger partial charge in [0.15, 0.2) is 23.9 Å². The molecular weight excluding hydrogens is 280 g/mol. The summed E-state index contributed by atoms with van der Waals surface area (Å²) in [6, 6.07) is 17.4. The third-order valence-electron chi connectivity index (χ3n) is 3.39. The molecule has 22 heavy (non-hydrogen) atoms. The number of hydrogen-bond acceptors (Lipinski definition) is 4. The predicted octanol–water partition coefficient (Wildman–Crippen LogP) is 3.51. The van der Waals surface area contributed by atoms with Crippen molar-refractivity contribution in [1.29, 1.82) is 0 Å². The zero-order valence-corrected chi connectivity index (χ0v) is 11.7. The molecule has 0 aromatic heterocycles. The first-order chi connectivity index (χ1) is 10.6. The van der Waals surface area contributed by atoms with Crippen molar-refractivity contribution in [2.75, 3.05) is 6.61 Å². The first kappa shape index (κ1) is 13.9. The van der Waals surface area contributed by atoms with Crippen molar-refractivity contribution in [1.82, 2.24) is 0 Å². The Kier molecular flexibility index (Phi) is 3.66. The Morgan fingerprint density at radius 2 is 1.64 bits per heavy atom. The summed E-state index contributed by atoms with van der Waals surface area (Å²) < 4.78 is 5.51. The zero-order valence-electron chi connectivity index (χ0n) is 11.7. The molecule has 0 aliphatic rings. The van der Waals surface area contributed by atoms with Crippen LogP contribution in [0.4, 0.5) is 0 Å². The lowest BCUT2D eigenvalue weighted by atomic mass is 10.1. The number of ketones is 1. The summed E-state index contributed by atoms with van der Waals surface area (Å²) in [6.45, 7) is -0.136. The molecule has 0 saturated heterocycles. The summed E-state index contributed by atoms with van der Waals surface area (Å²) in [5.74, 6) is -0.248. The molecular formula is C18H14O4. The largest absolute Gasteiger partial charge is 0.504 e. The molecule has 2 N–H and O–H groups in total. The van der Waals surface area contributed by atoms with E-state index in [-0.39, 0.29) is 29.5 Å². The minimum Gasteiger partial charge on any atom is -0.504 e. The van der Waals surface area contributed by atoms with Gasteiger partial charge >= 0.3 is 0 Å². The van der Waals surface area contributed by atoms with E-state index >= 15 is 0 Å². The Bertz CT molecular complexity index is 839. The van der Waals surface area contributed by atoms with E-state index in [0.717, 1.165) is 10.8 Å². The molecule has 0 fully saturated rings. The molecule has 0 aliphatic heterocycles. The van der Waals surface area contributed by atoms with Crippen LogP contribution in [0.3, 0.4) is 0 Å². The molecule has 3 rings (SSSR count). The van der Waals surface area contributed by atoms with E-state index < -0.39 is 0 Å². The normalized spacial score (nSPS) is 10.5. The molecule has 0 radical (unpaired) electrons. The maximum absolute atomic E-state index is 12.0. The fourth-order valence-corrected chi connectivity index (χ4v) is 2.19. The van der Waals surface area contributed by atoms with Crippen LogP contribution in [0.5, 0.6) is 17.2 Å². The summed E-state index contributed by atoms with van der Waals surface area (Å²) in [6.07, 6.45) is 0.